The zero-order valence-electron chi connectivity index (χ0n) is 17.4. The van der Waals surface area contributed by atoms with Crippen molar-refractivity contribution in [2.45, 2.75) is 33.4 Å². The summed E-state index contributed by atoms with van der Waals surface area (Å²) in [5.41, 5.74) is 5.40. The van der Waals surface area contributed by atoms with Gasteiger partial charge in [0.2, 0.25) is 0 Å². The molecule has 0 aliphatic heterocycles. The second kappa shape index (κ2) is 9.09. The maximum Gasteiger partial charge on any atom is 0.269 e. The molecule has 0 fully saturated rings. The summed E-state index contributed by atoms with van der Waals surface area (Å²) >= 11 is 1.58. The van der Waals surface area contributed by atoms with Crippen LogP contribution in [-0.4, -0.2) is 19.0 Å². The lowest BCUT2D eigenvalue weighted by molar-refractivity contribution is -0.384. The molecule has 0 radical (unpaired) electrons. The Hall–Kier alpha value is -3.52. The number of imidazole rings is 1. The minimum atomic E-state index is -0.378. The second-order valence-corrected chi connectivity index (χ2v) is 8.23. The van der Waals surface area contributed by atoms with Gasteiger partial charge in [-0.3, -0.25) is 10.1 Å². The molecule has 8 heteroatoms. The molecule has 4 rings (SSSR count). The van der Waals surface area contributed by atoms with Crippen LogP contribution in [0, 0.1) is 24.0 Å². The Labute approximate surface area is 184 Å². The molecule has 31 heavy (non-hydrogen) atoms. The highest BCUT2D eigenvalue weighted by atomic mass is 32.1. The number of nitro groups is 1. The number of aryl methyl sites for hydroxylation is 3. The van der Waals surface area contributed by atoms with Gasteiger partial charge in [-0.1, -0.05) is 6.07 Å². The summed E-state index contributed by atoms with van der Waals surface area (Å²) in [6.45, 7) is 5.81. The zero-order chi connectivity index (χ0) is 21.8. The van der Waals surface area contributed by atoms with Crippen molar-refractivity contribution in [2.24, 2.45) is 4.99 Å². The molecular weight excluding hydrogens is 410 g/mol. The van der Waals surface area contributed by atoms with Crippen molar-refractivity contribution in [3.8, 4) is 11.3 Å². The van der Waals surface area contributed by atoms with E-state index in [1.54, 1.807) is 41.8 Å². The van der Waals surface area contributed by atoms with Gasteiger partial charge in [0.05, 0.1) is 22.6 Å². The molecule has 0 aliphatic rings. The molecule has 0 unspecified atom stereocenters. The third-order valence-corrected chi connectivity index (χ3v) is 6.11. The summed E-state index contributed by atoms with van der Waals surface area (Å²) in [7, 11) is 0. The predicted molar refractivity (Wildman–Crippen MR) is 122 cm³/mol. The van der Waals surface area contributed by atoms with Gasteiger partial charge in [0.15, 0.2) is 4.80 Å². The lowest BCUT2D eigenvalue weighted by atomic mass is 10.1. The van der Waals surface area contributed by atoms with E-state index in [9.17, 15) is 10.1 Å². The molecule has 4 aromatic rings. The van der Waals surface area contributed by atoms with Crippen molar-refractivity contribution in [3.63, 3.8) is 0 Å². The van der Waals surface area contributed by atoms with Crippen molar-refractivity contribution in [2.75, 3.05) is 0 Å². The molecule has 0 N–H and O–H groups in total. The van der Waals surface area contributed by atoms with E-state index in [0.717, 1.165) is 41.3 Å². The number of nitro benzene ring substituents is 1. The SMILES string of the molecule is Cc1ccc(N=c2scc(-c3ccc([N+](=O)[O-])cc3)n2CCCn2ccnc2)cc1C. The van der Waals surface area contributed by atoms with Crippen molar-refractivity contribution in [1.29, 1.82) is 0 Å². The average molecular weight is 434 g/mol. The fraction of sp³-hybridized carbons (Fsp3) is 0.217. The molecule has 0 atom stereocenters. The van der Waals surface area contributed by atoms with Crippen LogP contribution in [0.25, 0.3) is 11.3 Å². The Morgan fingerprint density at radius 3 is 2.58 bits per heavy atom. The molecule has 7 nitrogen and oxygen atoms in total. The molecular formula is C23H23N5O2S. The van der Waals surface area contributed by atoms with Crippen molar-refractivity contribution in [3.05, 3.63) is 92.6 Å². The molecule has 0 bridgehead atoms. The van der Waals surface area contributed by atoms with E-state index in [-0.39, 0.29) is 10.6 Å². The van der Waals surface area contributed by atoms with Crippen LogP contribution in [-0.2, 0) is 13.1 Å². The van der Waals surface area contributed by atoms with Gasteiger partial charge in [-0.2, -0.15) is 0 Å². The normalized spacial score (nSPS) is 11.7. The summed E-state index contributed by atoms with van der Waals surface area (Å²) in [5.74, 6) is 0. The highest BCUT2D eigenvalue weighted by Gasteiger charge is 2.11. The Kier molecular flexibility index (Phi) is 6.08. The van der Waals surface area contributed by atoms with Crippen LogP contribution in [0.3, 0.4) is 0 Å². The molecule has 2 aromatic heterocycles. The van der Waals surface area contributed by atoms with Crippen LogP contribution in [0.5, 0.6) is 0 Å². The number of nitrogens with zero attached hydrogens (tertiary/aromatic N) is 5. The molecule has 158 valence electrons. The van der Waals surface area contributed by atoms with Crippen LogP contribution in [0.2, 0.25) is 0 Å². The van der Waals surface area contributed by atoms with E-state index < -0.39 is 0 Å². The van der Waals surface area contributed by atoms with Crippen LogP contribution in [0.15, 0.2) is 71.6 Å². The Balaban J connectivity index is 1.70. The summed E-state index contributed by atoms with van der Waals surface area (Å²) in [6, 6.07) is 12.9. The predicted octanol–water partition coefficient (Wildman–Crippen LogP) is 5.26. The summed E-state index contributed by atoms with van der Waals surface area (Å²) in [4.78, 5) is 20.5. The number of aromatic nitrogens is 3. The van der Waals surface area contributed by atoms with Crippen LogP contribution in [0.1, 0.15) is 17.5 Å². The third-order valence-electron chi connectivity index (χ3n) is 5.24. The molecule has 0 amide bonds. The van der Waals surface area contributed by atoms with Crippen molar-refractivity contribution in [1.82, 2.24) is 14.1 Å². The Bertz CT molecular complexity index is 1250. The van der Waals surface area contributed by atoms with Gasteiger partial charge in [-0.05, 0) is 61.2 Å². The number of benzene rings is 2. The van der Waals surface area contributed by atoms with E-state index in [4.69, 9.17) is 4.99 Å². The van der Waals surface area contributed by atoms with Gasteiger partial charge in [-0.25, -0.2) is 9.98 Å². The Morgan fingerprint density at radius 1 is 1.10 bits per heavy atom. The molecule has 2 heterocycles. The van der Waals surface area contributed by atoms with Gasteiger partial charge in [0.25, 0.3) is 5.69 Å². The lowest BCUT2D eigenvalue weighted by Gasteiger charge is -2.10. The van der Waals surface area contributed by atoms with Crippen LogP contribution < -0.4 is 4.80 Å². The molecule has 0 aliphatic carbocycles. The van der Waals surface area contributed by atoms with Crippen molar-refractivity contribution < 1.29 is 4.92 Å². The largest absolute Gasteiger partial charge is 0.337 e. The fourth-order valence-corrected chi connectivity index (χ4v) is 4.31. The highest BCUT2D eigenvalue weighted by molar-refractivity contribution is 7.07. The van der Waals surface area contributed by atoms with E-state index in [0.29, 0.717) is 0 Å². The second-order valence-electron chi connectivity index (χ2n) is 7.39. The van der Waals surface area contributed by atoms with Gasteiger partial charge < -0.3 is 9.13 Å². The molecule has 0 saturated heterocycles. The maximum absolute atomic E-state index is 11.0. The Morgan fingerprint density at radius 2 is 1.90 bits per heavy atom. The summed E-state index contributed by atoms with van der Waals surface area (Å²) in [6.07, 6.45) is 6.46. The van der Waals surface area contributed by atoms with Crippen LogP contribution in [0.4, 0.5) is 11.4 Å². The maximum atomic E-state index is 11.0. The van der Waals surface area contributed by atoms with Crippen molar-refractivity contribution >= 4 is 22.7 Å². The van der Waals surface area contributed by atoms with Gasteiger partial charge in [0.1, 0.15) is 0 Å². The van der Waals surface area contributed by atoms with E-state index in [1.165, 1.54) is 11.1 Å². The van der Waals surface area contributed by atoms with E-state index in [1.807, 2.05) is 18.6 Å². The number of non-ortho nitro benzene ring substituents is 1. The monoisotopic (exact) mass is 433 g/mol. The molecule has 0 spiro atoms. The number of thiazole rings is 1. The standard InChI is InChI=1S/C23H23N5O2S/c1-17-4-7-20(14-18(17)2)25-23-27(12-3-11-26-13-10-24-16-26)22(15-31-23)19-5-8-21(9-6-19)28(29)30/h4-10,13-16H,3,11-12H2,1-2H3. The quantitative estimate of drug-likeness (QED) is 0.295. The zero-order valence-corrected chi connectivity index (χ0v) is 18.2. The van der Waals surface area contributed by atoms with E-state index in [2.05, 4.69) is 45.5 Å². The van der Waals surface area contributed by atoms with E-state index >= 15 is 0 Å². The number of rotatable bonds is 7. The van der Waals surface area contributed by atoms with Gasteiger partial charge >= 0.3 is 0 Å². The van der Waals surface area contributed by atoms with Gasteiger partial charge in [0, 0.05) is 43.0 Å². The highest BCUT2D eigenvalue weighted by Crippen LogP contribution is 2.24. The summed E-state index contributed by atoms with van der Waals surface area (Å²) in [5, 5.41) is 13.1. The fourth-order valence-electron chi connectivity index (χ4n) is 3.36. The minimum absolute atomic E-state index is 0.0886. The lowest BCUT2D eigenvalue weighted by Crippen LogP contribution is -2.17. The minimum Gasteiger partial charge on any atom is -0.337 e. The number of hydrogen-bond acceptors (Lipinski definition) is 5. The first-order valence-electron chi connectivity index (χ1n) is 10.0. The van der Waals surface area contributed by atoms with Gasteiger partial charge in [-0.15, -0.1) is 11.3 Å². The molecule has 0 saturated carbocycles. The number of hydrogen-bond donors (Lipinski definition) is 0. The van der Waals surface area contributed by atoms with Crippen LogP contribution >= 0.6 is 11.3 Å². The third kappa shape index (κ3) is 4.80. The topological polar surface area (TPSA) is 78.2 Å². The first-order chi connectivity index (χ1) is 15.0. The molecule has 2 aromatic carbocycles. The average Bonchev–Trinajstić information content (AvgIpc) is 3.41. The first kappa shape index (κ1) is 20.7. The summed E-state index contributed by atoms with van der Waals surface area (Å²) < 4.78 is 4.25. The first-order valence-corrected chi connectivity index (χ1v) is 10.9. The smallest absolute Gasteiger partial charge is 0.269 e.